The molecule has 337 valence electrons. The van der Waals surface area contributed by atoms with Crippen LogP contribution in [0.25, 0.3) is 22.3 Å². The number of carboxylic acid groups (broad SMARTS) is 4. The number of H-pyrrole nitrogens is 2. The Balaban J connectivity index is 0.000000280. The molecular weight excluding hydrogens is 899 g/mol. The summed E-state index contributed by atoms with van der Waals surface area (Å²) in [4.78, 5) is 121. The van der Waals surface area contributed by atoms with Crippen LogP contribution in [0.5, 0.6) is 0 Å². The van der Waals surface area contributed by atoms with Gasteiger partial charge in [0.15, 0.2) is 22.3 Å². The number of hydrogen-bond donors (Lipinski definition) is 10. The van der Waals surface area contributed by atoms with Gasteiger partial charge in [-0.25, -0.2) is 29.5 Å². The first-order chi connectivity index (χ1) is 30.4. The van der Waals surface area contributed by atoms with Gasteiger partial charge in [-0.3, -0.25) is 29.1 Å². The molecular formula is C38H36MnN14O12. The van der Waals surface area contributed by atoms with Crippen molar-refractivity contribution in [3.8, 4) is 0 Å². The van der Waals surface area contributed by atoms with Gasteiger partial charge in [-0.05, 0) is 74.2 Å². The van der Waals surface area contributed by atoms with Crippen molar-refractivity contribution in [2.45, 2.75) is 50.9 Å². The molecule has 0 fully saturated rings. The van der Waals surface area contributed by atoms with Crippen LogP contribution in [0.4, 0.5) is 23.3 Å². The zero-order valence-electron chi connectivity index (χ0n) is 33.4. The predicted octanol–water partition coefficient (Wildman–Crippen LogP) is -2.76. The van der Waals surface area contributed by atoms with Crippen molar-refractivity contribution in [3.63, 3.8) is 0 Å². The number of carbonyl (C=O) groups excluding carboxylic acids is 4. The van der Waals surface area contributed by atoms with Crippen molar-refractivity contribution in [2.24, 2.45) is 0 Å². The summed E-state index contributed by atoms with van der Waals surface area (Å²) in [5, 5.41) is 49.9. The molecule has 12 N–H and O–H groups in total. The second-order valence-corrected chi connectivity index (χ2v) is 13.4. The van der Waals surface area contributed by atoms with Crippen LogP contribution in [0.3, 0.4) is 0 Å². The molecule has 2 atom stereocenters. The number of nitrogens with one attached hydrogen (secondary N) is 6. The third-order valence-electron chi connectivity index (χ3n) is 8.69. The molecule has 0 bridgehead atoms. The number of fused-ring (bicyclic) bond motifs is 2. The zero-order valence-corrected chi connectivity index (χ0v) is 34.5. The SMILES string of the molecule is Nc1nc2ncc(CNc3ccc(C(=O)NC(CCC(=O)[O-])C(=O)O)cc3)nc2c(=O)[nH]1.Nc1nc2ncc(CNc3ccc(C(=O)NC(CCC(=O)[O-])C(=O)O)cc3)nc2c(=O)[nH]1.[Mn+2]. The number of nitrogens with two attached hydrogens (primary N) is 2. The number of carboxylic acids is 4. The third kappa shape index (κ3) is 14.2. The molecule has 0 aliphatic carbocycles. The first-order valence-corrected chi connectivity index (χ1v) is 18.6. The van der Waals surface area contributed by atoms with Crippen LogP contribution >= 0.6 is 0 Å². The fourth-order valence-electron chi connectivity index (χ4n) is 5.50. The monoisotopic (exact) mass is 935 g/mol. The van der Waals surface area contributed by atoms with Crippen LogP contribution in [0.1, 0.15) is 57.8 Å². The number of rotatable bonds is 18. The van der Waals surface area contributed by atoms with E-state index >= 15 is 0 Å². The Hall–Kier alpha value is -8.58. The fraction of sp³-hybridized carbons (Fsp3) is 0.211. The summed E-state index contributed by atoms with van der Waals surface area (Å²) in [6.45, 7) is 0.450. The number of nitrogens with zero attached hydrogens (tertiary/aromatic N) is 6. The van der Waals surface area contributed by atoms with Crippen molar-refractivity contribution >= 4 is 81.3 Å². The molecule has 2 unspecified atom stereocenters. The number of aliphatic carboxylic acids is 4. The van der Waals surface area contributed by atoms with E-state index in [1.165, 1.54) is 36.7 Å². The van der Waals surface area contributed by atoms with Gasteiger partial charge in [0, 0.05) is 34.4 Å². The van der Waals surface area contributed by atoms with Gasteiger partial charge in [0.1, 0.15) is 12.1 Å². The average Bonchev–Trinajstić information content (AvgIpc) is 3.25. The standard InChI is InChI=1S/2C19H19N7O6.Mn/c2*20-19-25-15-14(17(30)26-19)23-11(8-22-15)7-21-10-3-1-9(2-4-10)16(29)24-12(18(31)32)5-6-13(27)28;/h2*1-4,8,12,21H,5-7H2,(H,24,29)(H,27,28)(H,31,32)(H3,20,22,25,26,30);/q;;+2/p-2. The van der Waals surface area contributed by atoms with E-state index in [-0.39, 0.29) is 88.4 Å². The van der Waals surface area contributed by atoms with E-state index in [0.29, 0.717) is 22.8 Å². The second kappa shape index (κ2) is 22.5. The fourth-order valence-corrected chi connectivity index (χ4v) is 5.50. The van der Waals surface area contributed by atoms with Gasteiger partial charge in [-0.2, -0.15) is 9.97 Å². The maximum absolute atomic E-state index is 12.3. The van der Waals surface area contributed by atoms with Crippen LogP contribution < -0.4 is 54.1 Å². The Morgan fingerprint density at radius 3 is 1.28 bits per heavy atom. The van der Waals surface area contributed by atoms with Gasteiger partial charge in [0.05, 0.1) is 36.9 Å². The Morgan fingerprint density at radius 1 is 0.600 bits per heavy atom. The van der Waals surface area contributed by atoms with Crippen LogP contribution in [-0.2, 0) is 49.3 Å². The van der Waals surface area contributed by atoms with Gasteiger partial charge in [0.25, 0.3) is 22.9 Å². The van der Waals surface area contributed by atoms with Crippen molar-refractivity contribution in [1.82, 2.24) is 50.5 Å². The molecule has 26 nitrogen and oxygen atoms in total. The summed E-state index contributed by atoms with van der Waals surface area (Å²) >= 11 is 0. The van der Waals surface area contributed by atoms with Gasteiger partial charge in [-0.1, -0.05) is 0 Å². The molecule has 65 heavy (non-hydrogen) atoms. The molecule has 2 aromatic carbocycles. The van der Waals surface area contributed by atoms with Gasteiger partial charge in [0.2, 0.25) is 11.9 Å². The van der Waals surface area contributed by atoms with E-state index < -0.39 is 71.7 Å². The summed E-state index contributed by atoms with van der Waals surface area (Å²) in [6, 6.07) is 9.56. The van der Waals surface area contributed by atoms with Crippen LogP contribution in [0, 0.1) is 0 Å². The van der Waals surface area contributed by atoms with Crippen molar-refractivity contribution in [1.29, 1.82) is 0 Å². The van der Waals surface area contributed by atoms with Crippen molar-refractivity contribution in [3.05, 3.63) is 104 Å². The van der Waals surface area contributed by atoms with E-state index in [0.717, 1.165) is 0 Å². The molecule has 0 saturated carbocycles. The molecule has 0 aliphatic heterocycles. The Bertz CT molecular complexity index is 2650. The van der Waals surface area contributed by atoms with Crippen LogP contribution in [-0.4, -0.2) is 97.9 Å². The molecule has 4 heterocycles. The van der Waals surface area contributed by atoms with E-state index in [4.69, 9.17) is 21.7 Å². The molecule has 1 radical (unpaired) electrons. The number of hydrogen-bond acceptors (Lipinski definition) is 20. The molecule has 6 rings (SSSR count). The molecule has 2 amide bonds. The normalized spacial score (nSPS) is 11.4. The van der Waals surface area contributed by atoms with Crippen LogP contribution in [0.15, 0.2) is 70.5 Å². The number of nitrogen functional groups attached to an aromatic ring is 2. The minimum Gasteiger partial charge on any atom is -0.550 e. The van der Waals surface area contributed by atoms with E-state index in [9.17, 15) is 48.6 Å². The first-order valence-electron chi connectivity index (χ1n) is 18.6. The topological polar surface area (TPSA) is 432 Å². The quantitative estimate of drug-likeness (QED) is 0.0390. The molecule has 27 heteroatoms. The smallest absolute Gasteiger partial charge is 0.550 e. The Kier molecular flexibility index (Phi) is 17.0. The van der Waals surface area contributed by atoms with Crippen molar-refractivity contribution < 1.29 is 66.3 Å². The van der Waals surface area contributed by atoms with E-state index in [1.807, 2.05) is 0 Å². The summed E-state index contributed by atoms with van der Waals surface area (Å²) < 4.78 is 0. The summed E-state index contributed by atoms with van der Waals surface area (Å²) in [5.41, 5.74) is 12.9. The maximum atomic E-state index is 12.3. The van der Waals surface area contributed by atoms with Gasteiger partial charge >= 0.3 is 29.0 Å². The van der Waals surface area contributed by atoms with E-state index in [2.05, 4.69) is 61.1 Å². The molecule has 6 aromatic rings. The number of amides is 2. The van der Waals surface area contributed by atoms with Gasteiger partial charge in [-0.15, -0.1) is 0 Å². The number of carbonyl (C=O) groups is 6. The minimum atomic E-state index is -1.40. The number of aromatic nitrogens is 8. The third-order valence-corrected chi connectivity index (χ3v) is 8.69. The number of benzene rings is 2. The zero-order chi connectivity index (χ0) is 46.5. The van der Waals surface area contributed by atoms with E-state index in [1.54, 1.807) is 24.3 Å². The molecule has 0 spiro atoms. The predicted molar refractivity (Wildman–Crippen MR) is 219 cm³/mol. The average molecular weight is 936 g/mol. The Morgan fingerprint density at radius 2 is 0.954 bits per heavy atom. The first kappa shape index (κ1) is 49.1. The number of aromatic amines is 2. The summed E-state index contributed by atoms with van der Waals surface area (Å²) in [5.74, 6) is -6.91. The number of anilines is 4. The molecule has 0 aliphatic rings. The summed E-state index contributed by atoms with van der Waals surface area (Å²) in [7, 11) is 0. The Labute approximate surface area is 374 Å². The minimum absolute atomic E-state index is 0. The molecule has 4 aromatic heterocycles. The second-order valence-electron chi connectivity index (χ2n) is 13.4. The maximum Gasteiger partial charge on any atom is 2.00 e. The summed E-state index contributed by atoms with van der Waals surface area (Å²) in [6.07, 6.45) is 1.32. The largest absolute Gasteiger partial charge is 2.00 e. The molecule has 0 saturated heterocycles. The van der Waals surface area contributed by atoms with Crippen LogP contribution in [0.2, 0.25) is 0 Å². The van der Waals surface area contributed by atoms with Gasteiger partial charge < -0.3 is 62.7 Å². The van der Waals surface area contributed by atoms with Crippen molar-refractivity contribution in [2.75, 3.05) is 22.1 Å².